The molecule has 1 heterocycles. The normalized spacial score (nSPS) is 10.5. The van der Waals surface area contributed by atoms with Gasteiger partial charge in [0, 0.05) is 12.3 Å². The highest BCUT2D eigenvalue weighted by atomic mass is 35.5. The zero-order valence-corrected chi connectivity index (χ0v) is 10.00. The molecule has 0 saturated carbocycles. The van der Waals surface area contributed by atoms with E-state index in [2.05, 4.69) is 4.98 Å². The maximum atomic E-state index is 13.7. The van der Waals surface area contributed by atoms with Gasteiger partial charge in [-0.05, 0) is 12.1 Å². The summed E-state index contributed by atoms with van der Waals surface area (Å²) >= 11 is 5.58. The van der Waals surface area contributed by atoms with E-state index in [4.69, 9.17) is 20.8 Å². The molecule has 0 bridgehead atoms. The van der Waals surface area contributed by atoms with Crippen molar-refractivity contribution in [1.29, 1.82) is 0 Å². The Balaban J connectivity index is 2.44. The van der Waals surface area contributed by atoms with Gasteiger partial charge in [-0.25, -0.2) is 9.37 Å². The summed E-state index contributed by atoms with van der Waals surface area (Å²) in [5.41, 5.74) is 0.281. The number of oxazole rings is 1. The topological polar surface area (TPSA) is 35.3 Å². The first-order chi connectivity index (χ1) is 8.26. The van der Waals surface area contributed by atoms with Gasteiger partial charge in [-0.1, -0.05) is 6.07 Å². The third-order valence-electron chi connectivity index (χ3n) is 2.30. The highest BCUT2D eigenvalue weighted by Crippen LogP contribution is 2.32. The second-order valence-electron chi connectivity index (χ2n) is 3.37. The van der Waals surface area contributed by atoms with Crippen molar-refractivity contribution in [2.24, 2.45) is 0 Å². The minimum atomic E-state index is -0.405. The Morgan fingerprint density at radius 3 is 3.00 bits per heavy atom. The number of ether oxygens (including phenoxy) is 1. The third-order valence-corrected chi connectivity index (χ3v) is 2.49. The molecule has 2 rings (SSSR count). The summed E-state index contributed by atoms with van der Waals surface area (Å²) in [4.78, 5) is 4.03. The molecule has 0 N–H and O–H groups in total. The van der Waals surface area contributed by atoms with Crippen LogP contribution < -0.4 is 4.74 Å². The Hall–Kier alpha value is -1.55. The maximum Gasteiger partial charge on any atom is 0.196 e. The summed E-state index contributed by atoms with van der Waals surface area (Å²) in [6.07, 6.45) is 1.99. The summed E-state index contributed by atoms with van der Waals surface area (Å²) in [6, 6.07) is 4.59. The number of aryl methyl sites for hydroxylation is 1. The molecule has 0 saturated heterocycles. The fraction of sp³-hybridized carbons (Fsp3) is 0.250. The molecule has 2 aromatic rings. The SMILES string of the molecule is COc1cccc(F)c1-c1cnc(CCCl)o1. The molecule has 0 spiro atoms. The molecule has 0 radical (unpaired) electrons. The molecular formula is C12H11ClFNO2. The van der Waals surface area contributed by atoms with Crippen molar-refractivity contribution in [3.8, 4) is 17.1 Å². The van der Waals surface area contributed by atoms with Crippen LogP contribution in [0.1, 0.15) is 5.89 Å². The lowest BCUT2D eigenvalue weighted by molar-refractivity contribution is 0.410. The molecule has 0 unspecified atom stereocenters. The Kier molecular flexibility index (Phi) is 3.64. The molecule has 0 aliphatic heterocycles. The van der Waals surface area contributed by atoms with E-state index >= 15 is 0 Å². The highest BCUT2D eigenvalue weighted by Gasteiger charge is 2.15. The quantitative estimate of drug-likeness (QED) is 0.787. The number of halogens is 2. The van der Waals surface area contributed by atoms with Crippen molar-refractivity contribution in [2.75, 3.05) is 13.0 Å². The van der Waals surface area contributed by atoms with E-state index in [1.807, 2.05) is 0 Å². The summed E-state index contributed by atoms with van der Waals surface area (Å²) < 4.78 is 24.2. The largest absolute Gasteiger partial charge is 0.496 e. The van der Waals surface area contributed by atoms with Crippen molar-refractivity contribution < 1.29 is 13.5 Å². The number of alkyl halides is 1. The van der Waals surface area contributed by atoms with Crippen LogP contribution in [0.15, 0.2) is 28.8 Å². The first-order valence-electron chi connectivity index (χ1n) is 5.09. The van der Waals surface area contributed by atoms with Gasteiger partial charge in [0.05, 0.1) is 18.9 Å². The monoisotopic (exact) mass is 255 g/mol. The van der Waals surface area contributed by atoms with Crippen LogP contribution >= 0.6 is 11.6 Å². The molecular weight excluding hydrogens is 245 g/mol. The maximum absolute atomic E-state index is 13.7. The van der Waals surface area contributed by atoms with E-state index in [-0.39, 0.29) is 5.56 Å². The first kappa shape index (κ1) is 11.9. The number of nitrogens with zero attached hydrogens (tertiary/aromatic N) is 1. The fourth-order valence-corrected chi connectivity index (χ4v) is 1.70. The predicted molar refractivity (Wildman–Crippen MR) is 62.9 cm³/mol. The van der Waals surface area contributed by atoms with Crippen LogP contribution in [-0.2, 0) is 6.42 Å². The number of hydrogen-bond donors (Lipinski definition) is 0. The average Bonchev–Trinajstić information content (AvgIpc) is 2.77. The molecule has 3 nitrogen and oxygen atoms in total. The second kappa shape index (κ2) is 5.19. The van der Waals surface area contributed by atoms with E-state index in [0.717, 1.165) is 0 Å². The number of benzene rings is 1. The predicted octanol–water partition coefficient (Wildman–Crippen LogP) is 3.27. The van der Waals surface area contributed by atoms with Crippen molar-refractivity contribution >= 4 is 11.6 Å². The molecule has 90 valence electrons. The molecule has 0 aliphatic rings. The summed E-state index contributed by atoms with van der Waals surface area (Å²) in [7, 11) is 1.48. The van der Waals surface area contributed by atoms with Crippen LogP contribution in [-0.4, -0.2) is 18.0 Å². The van der Waals surface area contributed by atoms with Crippen LogP contribution in [0.5, 0.6) is 5.75 Å². The third kappa shape index (κ3) is 2.42. The standard InChI is InChI=1S/C12H11ClFNO2/c1-16-9-4-2-3-8(14)12(9)10-7-15-11(17-10)5-6-13/h2-4,7H,5-6H2,1H3. The van der Waals surface area contributed by atoms with E-state index in [1.165, 1.54) is 19.4 Å². The zero-order chi connectivity index (χ0) is 12.3. The average molecular weight is 256 g/mol. The van der Waals surface area contributed by atoms with E-state index in [1.54, 1.807) is 12.1 Å². The van der Waals surface area contributed by atoms with Crippen LogP contribution in [0.2, 0.25) is 0 Å². The van der Waals surface area contributed by atoms with Crippen LogP contribution in [0.3, 0.4) is 0 Å². The van der Waals surface area contributed by atoms with E-state index in [0.29, 0.717) is 29.7 Å². The minimum absolute atomic E-state index is 0.281. The number of methoxy groups -OCH3 is 1. The van der Waals surface area contributed by atoms with Crippen LogP contribution in [0.4, 0.5) is 4.39 Å². The van der Waals surface area contributed by atoms with Crippen molar-refractivity contribution in [3.63, 3.8) is 0 Å². The van der Waals surface area contributed by atoms with Gasteiger partial charge in [0.1, 0.15) is 11.6 Å². The summed E-state index contributed by atoms with van der Waals surface area (Å²) in [6.45, 7) is 0. The molecule has 0 fully saturated rings. The van der Waals surface area contributed by atoms with Crippen molar-refractivity contribution in [2.45, 2.75) is 6.42 Å². The molecule has 1 aromatic heterocycles. The number of aromatic nitrogens is 1. The van der Waals surface area contributed by atoms with Gasteiger partial charge in [0.2, 0.25) is 0 Å². The van der Waals surface area contributed by atoms with Gasteiger partial charge >= 0.3 is 0 Å². The van der Waals surface area contributed by atoms with Gasteiger partial charge in [-0.15, -0.1) is 11.6 Å². The first-order valence-corrected chi connectivity index (χ1v) is 5.63. The number of rotatable bonds is 4. The van der Waals surface area contributed by atoms with Gasteiger partial charge in [0.25, 0.3) is 0 Å². The number of hydrogen-bond acceptors (Lipinski definition) is 3. The molecule has 0 amide bonds. The zero-order valence-electron chi connectivity index (χ0n) is 9.24. The summed E-state index contributed by atoms with van der Waals surface area (Å²) in [5.74, 6) is 1.26. The van der Waals surface area contributed by atoms with Crippen molar-refractivity contribution in [3.05, 3.63) is 36.1 Å². The molecule has 1 aromatic carbocycles. The molecule has 0 aliphatic carbocycles. The Bertz CT molecular complexity index is 513. The van der Waals surface area contributed by atoms with Gasteiger partial charge < -0.3 is 9.15 Å². The fourth-order valence-electron chi connectivity index (χ4n) is 1.54. The molecule has 5 heteroatoms. The van der Waals surface area contributed by atoms with E-state index < -0.39 is 5.82 Å². The molecule has 17 heavy (non-hydrogen) atoms. The minimum Gasteiger partial charge on any atom is -0.496 e. The second-order valence-corrected chi connectivity index (χ2v) is 3.75. The Labute approximate surface area is 103 Å². The lowest BCUT2D eigenvalue weighted by Crippen LogP contribution is -1.90. The van der Waals surface area contributed by atoms with E-state index in [9.17, 15) is 4.39 Å². The van der Waals surface area contributed by atoms with Crippen molar-refractivity contribution in [1.82, 2.24) is 4.98 Å². The van der Waals surface area contributed by atoms with Crippen LogP contribution in [0.25, 0.3) is 11.3 Å². The Morgan fingerprint density at radius 2 is 2.29 bits per heavy atom. The smallest absolute Gasteiger partial charge is 0.196 e. The van der Waals surface area contributed by atoms with Gasteiger partial charge in [0.15, 0.2) is 11.7 Å². The van der Waals surface area contributed by atoms with Crippen LogP contribution in [0, 0.1) is 5.82 Å². The molecule has 0 atom stereocenters. The lowest BCUT2D eigenvalue weighted by Gasteiger charge is -2.06. The highest BCUT2D eigenvalue weighted by molar-refractivity contribution is 6.17. The Morgan fingerprint density at radius 1 is 1.47 bits per heavy atom. The summed E-state index contributed by atoms with van der Waals surface area (Å²) in [5, 5.41) is 0. The van der Waals surface area contributed by atoms with Gasteiger partial charge in [-0.2, -0.15) is 0 Å². The van der Waals surface area contributed by atoms with Gasteiger partial charge in [-0.3, -0.25) is 0 Å². The lowest BCUT2D eigenvalue weighted by atomic mass is 10.1.